The van der Waals surface area contributed by atoms with Crippen molar-refractivity contribution >= 4 is 23.1 Å². The summed E-state index contributed by atoms with van der Waals surface area (Å²) in [4.78, 5) is 31.6. The smallest absolute Gasteiger partial charge is 0.300 e. The van der Waals surface area contributed by atoms with Crippen LogP contribution in [-0.4, -0.2) is 36.0 Å². The third-order valence-corrected chi connectivity index (χ3v) is 5.14. The Balaban J connectivity index is 1.96. The molecule has 1 atom stereocenters. The van der Waals surface area contributed by atoms with Gasteiger partial charge in [-0.3, -0.25) is 19.5 Å². The summed E-state index contributed by atoms with van der Waals surface area (Å²) in [6.45, 7) is 0. The molecule has 1 aromatic heterocycles. The van der Waals surface area contributed by atoms with Gasteiger partial charge in [-0.15, -0.1) is 0 Å². The van der Waals surface area contributed by atoms with E-state index >= 15 is 0 Å². The fourth-order valence-electron chi connectivity index (χ4n) is 3.68. The molecule has 1 amide bonds. The first-order valence-electron chi connectivity index (χ1n) is 9.55. The molecule has 0 aliphatic carbocycles. The Kier molecular flexibility index (Phi) is 5.41. The van der Waals surface area contributed by atoms with Crippen LogP contribution in [0.15, 0.2) is 78.6 Å². The maximum absolute atomic E-state index is 13.1. The number of hydrogen-bond acceptors (Lipinski definition) is 6. The van der Waals surface area contributed by atoms with Crippen LogP contribution in [0, 0.1) is 0 Å². The highest BCUT2D eigenvalue weighted by atomic mass is 16.5. The Labute approximate surface area is 179 Å². The molecule has 1 N–H and O–H groups in total. The van der Waals surface area contributed by atoms with Crippen LogP contribution in [0.1, 0.15) is 17.2 Å². The van der Waals surface area contributed by atoms with E-state index in [1.165, 1.54) is 25.3 Å². The number of hydrogen-bond donors (Lipinski definition) is 1. The van der Waals surface area contributed by atoms with E-state index in [1.54, 1.807) is 66.9 Å². The fourth-order valence-corrected chi connectivity index (χ4v) is 3.68. The summed E-state index contributed by atoms with van der Waals surface area (Å²) >= 11 is 0. The number of rotatable bonds is 5. The summed E-state index contributed by atoms with van der Waals surface area (Å²) in [7, 11) is 3.03. The maximum atomic E-state index is 13.1. The highest BCUT2D eigenvalue weighted by Crippen LogP contribution is 2.43. The summed E-state index contributed by atoms with van der Waals surface area (Å²) < 4.78 is 10.7. The number of ketones is 1. The molecule has 3 aromatic rings. The number of pyridine rings is 1. The van der Waals surface area contributed by atoms with Crippen molar-refractivity contribution in [3.63, 3.8) is 0 Å². The standard InChI is InChI=1S/C24H20N2O5/c1-30-18-11-10-16(13-19(18)31-2)21-20(22(27)15-7-4-3-5-8-15)23(28)24(29)26(21)17-9-6-12-25-14-17/h3-14,21,27H,1-2H3/t21-/m1/s1. The van der Waals surface area contributed by atoms with Gasteiger partial charge >= 0.3 is 0 Å². The van der Waals surface area contributed by atoms with Gasteiger partial charge in [0.1, 0.15) is 5.76 Å². The SMILES string of the molecule is COc1ccc([C@@H]2C(=C(O)c3ccccc3)C(=O)C(=O)N2c2cccnc2)cc1OC. The van der Waals surface area contributed by atoms with Crippen LogP contribution in [0.25, 0.3) is 5.76 Å². The molecule has 0 spiro atoms. The number of nitrogens with zero attached hydrogens (tertiary/aromatic N) is 2. The van der Waals surface area contributed by atoms with Crippen LogP contribution in [0.3, 0.4) is 0 Å². The fraction of sp³-hybridized carbons (Fsp3) is 0.125. The van der Waals surface area contributed by atoms with Crippen molar-refractivity contribution in [2.24, 2.45) is 0 Å². The highest BCUT2D eigenvalue weighted by molar-refractivity contribution is 6.51. The molecule has 7 nitrogen and oxygen atoms in total. The van der Waals surface area contributed by atoms with Crippen molar-refractivity contribution in [3.05, 3.63) is 89.8 Å². The molecular weight excluding hydrogens is 396 g/mol. The molecule has 31 heavy (non-hydrogen) atoms. The Hall–Kier alpha value is -4.13. The van der Waals surface area contributed by atoms with Gasteiger partial charge in [0.15, 0.2) is 11.5 Å². The van der Waals surface area contributed by atoms with Crippen molar-refractivity contribution in [1.82, 2.24) is 4.98 Å². The zero-order chi connectivity index (χ0) is 22.0. The number of anilines is 1. The van der Waals surface area contributed by atoms with E-state index < -0.39 is 17.7 Å². The molecule has 1 aliphatic heterocycles. The van der Waals surface area contributed by atoms with Gasteiger partial charge in [-0.1, -0.05) is 36.4 Å². The lowest BCUT2D eigenvalue weighted by Gasteiger charge is -2.25. The van der Waals surface area contributed by atoms with Gasteiger partial charge in [-0.25, -0.2) is 0 Å². The van der Waals surface area contributed by atoms with E-state index in [2.05, 4.69) is 4.98 Å². The second-order valence-corrected chi connectivity index (χ2v) is 6.86. The topological polar surface area (TPSA) is 89.0 Å². The summed E-state index contributed by atoms with van der Waals surface area (Å²) in [5, 5.41) is 11.0. The lowest BCUT2D eigenvalue weighted by Crippen LogP contribution is -2.29. The van der Waals surface area contributed by atoms with Crippen molar-refractivity contribution < 1.29 is 24.2 Å². The van der Waals surface area contributed by atoms with Gasteiger partial charge in [-0.05, 0) is 29.8 Å². The van der Waals surface area contributed by atoms with Crippen LogP contribution in [-0.2, 0) is 9.59 Å². The zero-order valence-electron chi connectivity index (χ0n) is 17.0. The maximum Gasteiger partial charge on any atom is 0.300 e. The molecule has 1 fully saturated rings. The van der Waals surface area contributed by atoms with Crippen molar-refractivity contribution in [2.75, 3.05) is 19.1 Å². The normalized spacial score (nSPS) is 17.6. The number of ether oxygens (including phenoxy) is 2. The third-order valence-electron chi connectivity index (χ3n) is 5.14. The second-order valence-electron chi connectivity index (χ2n) is 6.86. The molecule has 2 heterocycles. The van der Waals surface area contributed by atoms with Gasteiger partial charge in [0.2, 0.25) is 0 Å². The van der Waals surface area contributed by atoms with E-state index in [0.717, 1.165) is 0 Å². The summed E-state index contributed by atoms with van der Waals surface area (Å²) in [6.07, 6.45) is 3.08. The predicted octanol–water partition coefficient (Wildman–Crippen LogP) is 3.73. The molecule has 0 radical (unpaired) electrons. The Bertz CT molecular complexity index is 1160. The van der Waals surface area contributed by atoms with Gasteiger partial charge in [0.25, 0.3) is 11.7 Å². The number of aliphatic hydroxyl groups is 1. The summed E-state index contributed by atoms with van der Waals surface area (Å²) in [5.41, 5.74) is 1.46. The number of amides is 1. The molecular formula is C24H20N2O5. The first kappa shape index (κ1) is 20.2. The zero-order valence-corrected chi connectivity index (χ0v) is 17.0. The molecule has 156 valence electrons. The van der Waals surface area contributed by atoms with Crippen LogP contribution in [0.4, 0.5) is 5.69 Å². The summed E-state index contributed by atoms with van der Waals surface area (Å²) in [6, 6.07) is 16.3. The minimum atomic E-state index is -0.871. The van der Waals surface area contributed by atoms with Crippen LogP contribution < -0.4 is 14.4 Å². The van der Waals surface area contributed by atoms with Gasteiger partial charge < -0.3 is 14.6 Å². The number of methoxy groups -OCH3 is 2. The average Bonchev–Trinajstić information content (AvgIpc) is 3.09. The average molecular weight is 416 g/mol. The van der Waals surface area contributed by atoms with Crippen LogP contribution in [0.2, 0.25) is 0 Å². The number of carbonyl (C=O) groups excluding carboxylic acids is 2. The van der Waals surface area contributed by atoms with Gasteiger partial charge in [0.05, 0.1) is 37.7 Å². The number of aliphatic hydroxyl groups excluding tert-OH is 1. The molecule has 0 saturated carbocycles. The number of Topliss-reactive ketones (excluding diaryl/α,β-unsaturated/α-hetero) is 1. The quantitative estimate of drug-likeness (QED) is 0.387. The van der Waals surface area contributed by atoms with Crippen molar-refractivity contribution in [1.29, 1.82) is 0 Å². The lowest BCUT2D eigenvalue weighted by molar-refractivity contribution is -0.132. The Morgan fingerprint density at radius 3 is 2.35 bits per heavy atom. The van der Waals surface area contributed by atoms with Crippen molar-refractivity contribution in [2.45, 2.75) is 6.04 Å². The largest absolute Gasteiger partial charge is 0.507 e. The van der Waals surface area contributed by atoms with Gasteiger partial charge in [0, 0.05) is 11.8 Å². The Morgan fingerprint density at radius 1 is 0.968 bits per heavy atom. The molecule has 2 aromatic carbocycles. The van der Waals surface area contributed by atoms with E-state index in [0.29, 0.717) is 28.3 Å². The summed E-state index contributed by atoms with van der Waals surface area (Å²) in [5.74, 6) is -0.815. The van der Waals surface area contributed by atoms with E-state index in [4.69, 9.17) is 9.47 Å². The van der Waals surface area contributed by atoms with E-state index in [-0.39, 0.29) is 11.3 Å². The highest BCUT2D eigenvalue weighted by Gasteiger charge is 2.47. The number of benzene rings is 2. The third kappa shape index (κ3) is 3.50. The lowest BCUT2D eigenvalue weighted by atomic mass is 9.95. The Morgan fingerprint density at radius 2 is 1.71 bits per heavy atom. The monoisotopic (exact) mass is 416 g/mol. The number of aromatic nitrogens is 1. The first-order chi connectivity index (χ1) is 15.1. The van der Waals surface area contributed by atoms with E-state index in [1.807, 2.05) is 0 Å². The van der Waals surface area contributed by atoms with Gasteiger partial charge in [-0.2, -0.15) is 0 Å². The molecule has 0 unspecified atom stereocenters. The van der Waals surface area contributed by atoms with Crippen LogP contribution >= 0.6 is 0 Å². The second kappa shape index (κ2) is 8.31. The molecule has 4 rings (SSSR count). The molecule has 1 saturated heterocycles. The molecule has 0 bridgehead atoms. The van der Waals surface area contributed by atoms with Crippen molar-refractivity contribution in [3.8, 4) is 11.5 Å². The molecule has 7 heteroatoms. The number of carbonyl (C=O) groups is 2. The predicted molar refractivity (Wildman–Crippen MR) is 115 cm³/mol. The van der Waals surface area contributed by atoms with Crippen LogP contribution in [0.5, 0.6) is 11.5 Å². The van der Waals surface area contributed by atoms with E-state index in [9.17, 15) is 14.7 Å². The molecule has 1 aliphatic rings. The minimum absolute atomic E-state index is 0.00715. The minimum Gasteiger partial charge on any atom is -0.507 e. The first-order valence-corrected chi connectivity index (χ1v) is 9.55.